The topological polar surface area (TPSA) is 199 Å². The number of nitrogens with two attached hydrogens (primary N) is 1. The molecule has 4 aliphatic heterocycles. The highest BCUT2D eigenvalue weighted by molar-refractivity contribution is 5.80. The molecule has 5 aliphatic rings. The smallest absolute Gasteiger partial charge is 0.311 e. The molecule has 4 bridgehead atoms. The first kappa shape index (κ1) is 16.4. The van der Waals surface area contributed by atoms with E-state index in [2.05, 4.69) is 10.3 Å². The average molecular weight is 349 g/mol. The van der Waals surface area contributed by atoms with Gasteiger partial charge in [-0.2, -0.15) is 4.99 Å². The molecule has 4 heterocycles. The van der Waals surface area contributed by atoms with Crippen LogP contribution < -0.4 is 11.1 Å². The fourth-order valence-electron chi connectivity index (χ4n) is 4.47. The minimum atomic E-state index is -2.59. The molecule has 0 amide bonds. The number of rotatable bonds is 2. The lowest BCUT2D eigenvalue weighted by Crippen LogP contribution is -2.96. The summed E-state index contributed by atoms with van der Waals surface area (Å²) in [7, 11) is 1.10. The number of hydrogen-bond acceptors (Lipinski definition) is 12. The van der Waals surface area contributed by atoms with E-state index in [1.165, 1.54) is 0 Å². The van der Waals surface area contributed by atoms with Crippen molar-refractivity contribution in [1.82, 2.24) is 5.32 Å². The van der Waals surface area contributed by atoms with Gasteiger partial charge >= 0.3 is 5.97 Å². The minimum Gasteiger partial charge on any atom is -0.393 e. The molecule has 0 aromatic heterocycles. The van der Waals surface area contributed by atoms with Gasteiger partial charge in [-0.25, -0.2) is 0 Å². The first-order valence-electron chi connectivity index (χ1n) is 7.27. The van der Waals surface area contributed by atoms with Crippen molar-refractivity contribution in [2.45, 2.75) is 47.4 Å². The fourth-order valence-corrected chi connectivity index (χ4v) is 4.47. The average Bonchev–Trinajstić information content (AvgIpc) is 2.52. The number of hydrogen-bond donors (Lipinski definition) is 8. The molecule has 5 rings (SSSR count). The van der Waals surface area contributed by atoms with E-state index < -0.39 is 60.0 Å². The minimum absolute atomic E-state index is 0.369. The fraction of sp³-hybridized carbons (Fsp3) is 0.917. The van der Waals surface area contributed by atoms with Gasteiger partial charge in [-0.3, -0.25) is 0 Å². The van der Waals surface area contributed by atoms with E-state index >= 15 is 0 Å². The highest BCUT2D eigenvalue weighted by Gasteiger charge is 2.85. The Balaban J connectivity index is 1.99. The van der Waals surface area contributed by atoms with Gasteiger partial charge in [-0.15, -0.1) is 0 Å². The number of ether oxygens (including phenoxy) is 3. The van der Waals surface area contributed by atoms with Gasteiger partial charge < -0.3 is 55.9 Å². The van der Waals surface area contributed by atoms with E-state index in [9.17, 15) is 30.6 Å². The lowest BCUT2D eigenvalue weighted by molar-refractivity contribution is -0.556. The summed E-state index contributed by atoms with van der Waals surface area (Å²) in [5.74, 6) is -6.81. The zero-order valence-electron chi connectivity index (χ0n) is 12.5. The molecule has 4 fully saturated rings. The lowest BCUT2D eigenvalue weighted by atomic mass is 9.54. The van der Waals surface area contributed by atoms with Gasteiger partial charge in [0.25, 0.3) is 5.91 Å². The van der Waals surface area contributed by atoms with Crippen LogP contribution in [-0.4, -0.2) is 97.8 Å². The molecule has 0 aromatic carbocycles. The van der Waals surface area contributed by atoms with E-state index in [1.807, 2.05) is 0 Å². The van der Waals surface area contributed by atoms with Crippen LogP contribution in [0.5, 0.6) is 0 Å². The number of aliphatic imine (C=N–C) groups is 1. The van der Waals surface area contributed by atoms with Gasteiger partial charge in [-0.05, 0) is 0 Å². The van der Waals surface area contributed by atoms with Crippen molar-refractivity contribution in [3.63, 3.8) is 0 Å². The Hall–Kier alpha value is -1.09. The summed E-state index contributed by atoms with van der Waals surface area (Å²) in [6.45, 7) is -0.920. The molecule has 1 spiro atoms. The maximum atomic E-state index is 10.8. The van der Waals surface area contributed by atoms with Crippen molar-refractivity contribution >= 4 is 5.96 Å². The van der Waals surface area contributed by atoms with Crippen molar-refractivity contribution in [2.24, 2.45) is 16.6 Å². The van der Waals surface area contributed by atoms with E-state index in [0.717, 1.165) is 7.11 Å². The molecule has 9 atom stereocenters. The zero-order chi connectivity index (χ0) is 17.7. The van der Waals surface area contributed by atoms with Crippen molar-refractivity contribution in [3.8, 4) is 0 Å². The molecule has 1 saturated carbocycles. The molecule has 1 aliphatic carbocycles. The van der Waals surface area contributed by atoms with Crippen LogP contribution in [0.3, 0.4) is 0 Å². The Morgan fingerprint density at radius 3 is 2.46 bits per heavy atom. The Kier molecular flexibility index (Phi) is 2.97. The summed E-state index contributed by atoms with van der Waals surface area (Å²) in [4.78, 5) is 3.72. The third kappa shape index (κ3) is 1.48. The molecule has 1 unspecified atom stereocenters. The number of nitrogens with one attached hydrogen (secondary N) is 1. The van der Waals surface area contributed by atoms with Crippen LogP contribution in [0.1, 0.15) is 0 Å². The van der Waals surface area contributed by atoms with Gasteiger partial charge in [0.2, 0.25) is 0 Å². The molecule has 12 nitrogen and oxygen atoms in total. The third-order valence-electron chi connectivity index (χ3n) is 5.55. The highest BCUT2D eigenvalue weighted by atomic mass is 16.9. The van der Waals surface area contributed by atoms with Crippen LogP contribution >= 0.6 is 0 Å². The molecule has 24 heavy (non-hydrogen) atoms. The number of aliphatic hydroxyl groups is 6. The van der Waals surface area contributed by atoms with Crippen molar-refractivity contribution in [2.75, 3.05) is 13.7 Å². The monoisotopic (exact) mass is 349 g/mol. The van der Waals surface area contributed by atoms with E-state index in [1.54, 1.807) is 0 Å². The van der Waals surface area contributed by atoms with Gasteiger partial charge in [0.05, 0.1) is 12.5 Å². The molecule has 0 radical (unpaired) electrons. The van der Waals surface area contributed by atoms with E-state index in [-0.39, 0.29) is 5.96 Å². The molecular formula is C12H19N3O9. The predicted molar refractivity (Wildman–Crippen MR) is 71.7 cm³/mol. The normalized spacial score (nSPS) is 61.3. The van der Waals surface area contributed by atoms with Gasteiger partial charge in [-0.1, -0.05) is 0 Å². The molecule has 9 N–H and O–H groups in total. The maximum absolute atomic E-state index is 10.8. The van der Waals surface area contributed by atoms with Gasteiger partial charge in [0.15, 0.2) is 12.1 Å². The van der Waals surface area contributed by atoms with Crippen LogP contribution in [0.4, 0.5) is 0 Å². The van der Waals surface area contributed by atoms with Gasteiger partial charge in [0.1, 0.15) is 29.5 Å². The standard InChI is InChI=1S/C12H19N3O9/c1-22-11(20)3-5-9(19,2-16)6-4(17)10(3,14-8(13)15-11)7(18)12(21,23-5)24-6/h3-7,16-21H,2H2,1H3,(H3,13,14,15)/t3-,4?,5+,6-,7-,9-,10+,11-,12-/m0/s1. The first-order valence-corrected chi connectivity index (χ1v) is 7.27. The van der Waals surface area contributed by atoms with Crippen molar-refractivity contribution in [1.29, 1.82) is 0 Å². The number of nitrogens with zero attached hydrogens (tertiary/aromatic N) is 1. The molecule has 136 valence electrons. The predicted octanol–water partition coefficient (Wildman–Crippen LogP) is -5.55. The summed E-state index contributed by atoms with van der Waals surface area (Å²) in [6.07, 6.45) is -6.67. The Morgan fingerprint density at radius 1 is 1.25 bits per heavy atom. The maximum Gasteiger partial charge on any atom is 0.311 e. The molecule has 0 aromatic rings. The second-order valence-electron chi connectivity index (χ2n) is 6.60. The van der Waals surface area contributed by atoms with Crippen LogP contribution in [-0.2, 0) is 14.2 Å². The summed E-state index contributed by atoms with van der Waals surface area (Å²) < 4.78 is 15.3. The third-order valence-corrected chi connectivity index (χ3v) is 5.55. The summed E-state index contributed by atoms with van der Waals surface area (Å²) >= 11 is 0. The van der Waals surface area contributed by atoms with Crippen molar-refractivity contribution < 1.29 is 44.8 Å². The second kappa shape index (κ2) is 4.35. The largest absolute Gasteiger partial charge is 0.393 e. The first-order chi connectivity index (χ1) is 11.1. The van der Waals surface area contributed by atoms with Gasteiger partial charge in [0, 0.05) is 7.11 Å². The molecule has 12 heteroatoms. The zero-order valence-corrected chi connectivity index (χ0v) is 12.5. The summed E-state index contributed by atoms with van der Waals surface area (Å²) in [5.41, 5.74) is 1.55. The second-order valence-corrected chi connectivity index (χ2v) is 6.60. The summed E-state index contributed by atoms with van der Waals surface area (Å²) in [5, 5.41) is 65.5. The molecule has 3 saturated heterocycles. The van der Waals surface area contributed by atoms with Crippen LogP contribution in [0.25, 0.3) is 0 Å². The number of guanidine groups is 1. The number of aliphatic hydroxyl groups excluding tert-OH is 3. The van der Waals surface area contributed by atoms with Crippen LogP contribution in [0, 0.1) is 5.92 Å². The highest BCUT2D eigenvalue weighted by Crippen LogP contribution is 2.60. The van der Waals surface area contributed by atoms with E-state index in [0.29, 0.717) is 0 Å². The molecular weight excluding hydrogens is 330 g/mol. The van der Waals surface area contributed by atoms with Crippen LogP contribution in [0.15, 0.2) is 4.99 Å². The Bertz CT molecular complexity index is 621. The Morgan fingerprint density at radius 2 is 1.88 bits per heavy atom. The van der Waals surface area contributed by atoms with Crippen molar-refractivity contribution in [3.05, 3.63) is 0 Å². The van der Waals surface area contributed by atoms with E-state index in [4.69, 9.17) is 19.9 Å². The van der Waals surface area contributed by atoms with Crippen LogP contribution in [0.2, 0.25) is 0 Å². The Labute approximate surface area is 135 Å². The lowest BCUT2D eigenvalue weighted by Gasteiger charge is -2.72. The number of methoxy groups -OCH3 is 1. The SMILES string of the molecule is CO[C@]1(O)N=C(N)N[C@@]23C(O)[C@@H]4O[C@@](O)(O[C@H]([C@@H]21)[C@@]4(O)CO)[C@H]3O. The summed E-state index contributed by atoms with van der Waals surface area (Å²) in [6, 6.07) is 0. The quantitative estimate of drug-likeness (QED) is 0.221.